The second-order valence-corrected chi connectivity index (χ2v) is 8.33. The molecule has 0 radical (unpaired) electrons. The number of esters is 1. The summed E-state index contributed by atoms with van der Waals surface area (Å²) in [5.74, 6) is -0.0480. The fourth-order valence-electron chi connectivity index (χ4n) is 2.55. The third-order valence-corrected chi connectivity index (χ3v) is 5.32. The number of carbonyl (C=O) groups is 1. The minimum Gasteiger partial charge on any atom is -0.402 e. The van der Waals surface area contributed by atoms with Gasteiger partial charge in [0.1, 0.15) is 0 Å². The second-order valence-electron chi connectivity index (χ2n) is 7.17. The summed E-state index contributed by atoms with van der Waals surface area (Å²) in [4.78, 5) is 16.5. The highest BCUT2D eigenvalue weighted by atomic mass is 127. The predicted octanol–water partition coefficient (Wildman–Crippen LogP) is 5.24. The fourth-order valence-corrected chi connectivity index (χ4v) is 2.88. The zero-order valence-corrected chi connectivity index (χ0v) is 16.9. The van der Waals surface area contributed by atoms with Gasteiger partial charge in [-0.05, 0) is 75.9 Å². The highest BCUT2D eigenvalue weighted by Gasteiger charge is 2.24. The van der Waals surface area contributed by atoms with Crippen molar-refractivity contribution in [2.75, 3.05) is 0 Å². The van der Waals surface area contributed by atoms with Crippen molar-refractivity contribution in [1.29, 1.82) is 0 Å². The molecule has 0 atom stereocenters. The first kappa shape index (κ1) is 17.9. The van der Waals surface area contributed by atoms with E-state index in [0.29, 0.717) is 11.6 Å². The molecule has 0 N–H and O–H groups in total. The number of rotatable bonds is 2. The Hall–Kier alpha value is -1.95. The van der Waals surface area contributed by atoms with Crippen molar-refractivity contribution >= 4 is 40.5 Å². The molecule has 0 aromatic heterocycles. The van der Waals surface area contributed by atoms with Crippen LogP contribution in [0.5, 0.6) is 0 Å². The molecule has 1 heterocycles. The minimum absolute atomic E-state index is 0.103. The molecular formula is C21H20INO2. The lowest BCUT2D eigenvalue weighted by molar-refractivity contribution is -0.129. The number of nitrogens with zero attached hydrogens (tertiary/aromatic N) is 1. The van der Waals surface area contributed by atoms with Crippen LogP contribution in [0.3, 0.4) is 0 Å². The number of ether oxygens (including phenoxy) is 1. The smallest absolute Gasteiger partial charge is 0.363 e. The van der Waals surface area contributed by atoms with Crippen LogP contribution in [-0.4, -0.2) is 11.9 Å². The van der Waals surface area contributed by atoms with Gasteiger partial charge < -0.3 is 4.74 Å². The summed E-state index contributed by atoms with van der Waals surface area (Å²) in [5, 5.41) is 0. The standard InChI is InChI=1S/C21H20INO2/c1-13-11-15(7-10-17(13)22)19-23-18(20(24)25-19)12-14-5-8-16(9-6-14)21(2,3)4/h5-12H,1-4H3/b18-12-. The molecule has 0 unspecified atom stereocenters. The summed E-state index contributed by atoms with van der Waals surface area (Å²) >= 11 is 2.28. The molecule has 0 amide bonds. The number of benzene rings is 2. The molecule has 0 saturated heterocycles. The SMILES string of the molecule is Cc1cc(C2=N/C(=C\c3ccc(C(C)(C)C)cc3)C(=O)O2)ccc1I. The van der Waals surface area contributed by atoms with Gasteiger partial charge in [-0.25, -0.2) is 9.79 Å². The van der Waals surface area contributed by atoms with E-state index >= 15 is 0 Å². The van der Waals surface area contributed by atoms with Gasteiger partial charge in [0.25, 0.3) is 0 Å². The average molecular weight is 445 g/mol. The maximum Gasteiger partial charge on any atom is 0.363 e. The molecule has 0 bridgehead atoms. The average Bonchev–Trinajstić information content (AvgIpc) is 2.91. The van der Waals surface area contributed by atoms with E-state index in [1.165, 1.54) is 9.13 Å². The van der Waals surface area contributed by atoms with E-state index in [4.69, 9.17) is 4.74 Å². The number of aliphatic imine (C=N–C) groups is 1. The van der Waals surface area contributed by atoms with Gasteiger partial charge in [-0.2, -0.15) is 0 Å². The lowest BCUT2D eigenvalue weighted by Crippen LogP contribution is -2.10. The second kappa shape index (κ2) is 6.75. The Morgan fingerprint density at radius 1 is 1.08 bits per heavy atom. The van der Waals surface area contributed by atoms with E-state index in [1.807, 2.05) is 37.3 Å². The van der Waals surface area contributed by atoms with Crippen molar-refractivity contribution in [3.05, 3.63) is 74.0 Å². The summed E-state index contributed by atoms with van der Waals surface area (Å²) in [6, 6.07) is 14.1. The monoisotopic (exact) mass is 445 g/mol. The quantitative estimate of drug-likeness (QED) is 0.360. The molecule has 128 valence electrons. The molecule has 3 nitrogen and oxygen atoms in total. The van der Waals surface area contributed by atoms with Crippen molar-refractivity contribution in [3.8, 4) is 0 Å². The van der Waals surface area contributed by atoms with Crippen LogP contribution in [-0.2, 0) is 14.9 Å². The molecule has 0 saturated carbocycles. The zero-order valence-electron chi connectivity index (χ0n) is 14.8. The number of aryl methyl sites for hydroxylation is 1. The summed E-state index contributed by atoms with van der Waals surface area (Å²) in [7, 11) is 0. The van der Waals surface area contributed by atoms with Crippen LogP contribution in [0.4, 0.5) is 0 Å². The van der Waals surface area contributed by atoms with Gasteiger partial charge in [0, 0.05) is 9.13 Å². The van der Waals surface area contributed by atoms with E-state index < -0.39 is 5.97 Å². The molecule has 1 aliphatic heterocycles. The zero-order chi connectivity index (χ0) is 18.2. The van der Waals surface area contributed by atoms with E-state index in [1.54, 1.807) is 6.08 Å². The van der Waals surface area contributed by atoms with Crippen LogP contribution in [0.2, 0.25) is 0 Å². The molecule has 2 aromatic rings. The van der Waals surface area contributed by atoms with E-state index in [9.17, 15) is 4.79 Å². The summed E-state index contributed by atoms with van der Waals surface area (Å²) in [6.07, 6.45) is 1.77. The first-order valence-electron chi connectivity index (χ1n) is 8.14. The first-order chi connectivity index (χ1) is 11.7. The summed E-state index contributed by atoms with van der Waals surface area (Å²) < 4.78 is 6.51. The molecule has 0 fully saturated rings. The lowest BCUT2D eigenvalue weighted by Gasteiger charge is -2.18. The van der Waals surface area contributed by atoms with E-state index in [-0.39, 0.29) is 5.41 Å². The third kappa shape index (κ3) is 4.00. The normalized spacial score (nSPS) is 16.1. The van der Waals surface area contributed by atoms with Crippen molar-refractivity contribution in [2.45, 2.75) is 33.1 Å². The predicted molar refractivity (Wildman–Crippen MR) is 110 cm³/mol. The van der Waals surface area contributed by atoms with Crippen LogP contribution in [0.15, 0.2) is 53.2 Å². The van der Waals surface area contributed by atoms with E-state index in [2.05, 4.69) is 60.5 Å². The van der Waals surface area contributed by atoms with Crippen molar-refractivity contribution in [3.63, 3.8) is 0 Å². The van der Waals surface area contributed by atoms with Gasteiger partial charge in [-0.1, -0.05) is 45.0 Å². The number of hydrogen-bond acceptors (Lipinski definition) is 3. The highest BCUT2D eigenvalue weighted by molar-refractivity contribution is 14.1. The Labute approximate surface area is 162 Å². The first-order valence-corrected chi connectivity index (χ1v) is 9.21. The Bertz CT molecular complexity index is 887. The third-order valence-electron chi connectivity index (χ3n) is 4.11. The summed E-state index contributed by atoms with van der Waals surface area (Å²) in [6.45, 7) is 8.55. The number of halogens is 1. The van der Waals surface area contributed by atoms with Crippen molar-refractivity contribution in [1.82, 2.24) is 0 Å². The van der Waals surface area contributed by atoms with Gasteiger partial charge in [-0.3, -0.25) is 0 Å². The Balaban J connectivity index is 1.89. The van der Waals surface area contributed by atoms with Crippen LogP contribution in [0.1, 0.15) is 43.0 Å². The molecule has 0 aliphatic carbocycles. The maximum absolute atomic E-state index is 12.1. The molecule has 3 rings (SSSR count). The lowest BCUT2D eigenvalue weighted by atomic mass is 9.87. The van der Waals surface area contributed by atoms with Crippen LogP contribution in [0, 0.1) is 10.5 Å². The fraction of sp³-hybridized carbons (Fsp3) is 0.238. The molecule has 2 aromatic carbocycles. The molecule has 1 aliphatic rings. The highest BCUT2D eigenvalue weighted by Crippen LogP contribution is 2.24. The van der Waals surface area contributed by atoms with Crippen molar-refractivity contribution < 1.29 is 9.53 Å². The van der Waals surface area contributed by atoms with Crippen LogP contribution in [0.25, 0.3) is 6.08 Å². The van der Waals surface area contributed by atoms with Gasteiger partial charge in [0.2, 0.25) is 5.90 Å². The van der Waals surface area contributed by atoms with E-state index in [0.717, 1.165) is 16.7 Å². The Morgan fingerprint density at radius 3 is 2.36 bits per heavy atom. The number of carbonyl (C=O) groups excluding carboxylic acids is 1. The largest absolute Gasteiger partial charge is 0.402 e. The Kier molecular flexibility index (Phi) is 4.82. The van der Waals surface area contributed by atoms with Crippen LogP contribution >= 0.6 is 22.6 Å². The topological polar surface area (TPSA) is 38.7 Å². The Morgan fingerprint density at radius 2 is 1.76 bits per heavy atom. The summed E-state index contributed by atoms with van der Waals surface area (Å²) in [5.41, 5.74) is 4.57. The molecule has 25 heavy (non-hydrogen) atoms. The van der Waals surface area contributed by atoms with Gasteiger partial charge >= 0.3 is 5.97 Å². The molecule has 0 spiro atoms. The number of hydrogen-bond donors (Lipinski definition) is 0. The minimum atomic E-state index is -0.411. The maximum atomic E-state index is 12.1. The van der Waals surface area contributed by atoms with Gasteiger partial charge in [-0.15, -0.1) is 0 Å². The molecular weight excluding hydrogens is 425 g/mol. The van der Waals surface area contributed by atoms with Gasteiger partial charge in [0.05, 0.1) is 0 Å². The number of cyclic esters (lactones) is 1. The van der Waals surface area contributed by atoms with Gasteiger partial charge in [0.15, 0.2) is 5.70 Å². The van der Waals surface area contributed by atoms with Crippen LogP contribution < -0.4 is 0 Å². The van der Waals surface area contributed by atoms with Crippen molar-refractivity contribution in [2.24, 2.45) is 4.99 Å². The molecule has 4 heteroatoms.